The summed E-state index contributed by atoms with van der Waals surface area (Å²) in [4.78, 5) is 0. The van der Waals surface area contributed by atoms with Gasteiger partial charge >= 0.3 is 6.18 Å². The minimum Gasteiger partial charge on any atom is -0.314 e. The van der Waals surface area contributed by atoms with Gasteiger partial charge in [0.15, 0.2) is 0 Å². The molecule has 0 rings (SSSR count). The lowest BCUT2D eigenvalue weighted by Gasteiger charge is -2.15. The number of hydrogen-bond donors (Lipinski definition) is 1. The van der Waals surface area contributed by atoms with Gasteiger partial charge in [0.1, 0.15) is 0 Å². The molecule has 14 heavy (non-hydrogen) atoms. The van der Waals surface area contributed by atoms with Gasteiger partial charge in [-0.1, -0.05) is 20.8 Å². The zero-order valence-corrected chi connectivity index (χ0v) is 9.12. The molecule has 0 radical (unpaired) electrons. The first-order chi connectivity index (χ1) is 6.31. The molecular formula is C10H20F3N. The number of halogens is 3. The summed E-state index contributed by atoms with van der Waals surface area (Å²) in [5.41, 5.74) is 0. The summed E-state index contributed by atoms with van der Waals surface area (Å²) in [6, 6.07) is 0.403. The third kappa shape index (κ3) is 9.84. The minimum atomic E-state index is -3.99. The zero-order valence-electron chi connectivity index (χ0n) is 9.12. The maximum Gasteiger partial charge on any atom is 0.389 e. The van der Waals surface area contributed by atoms with Crippen molar-refractivity contribution in [3.63, 3.8) is 0 Å². The first-order valence-electron chi connectivity index (χ1n) is 5.11. The summed E-state index contributed by atoms with van der Waals surface area (Å²) < 4.78 is 35.4. The van der Waals surface area contributed by atoms with Gasteiger partial charge in [-0.2, -0.15) is 13.2 Å². The lowest BCUT2D eigenvalue weighted by Crippen LogP contribution is -2.27. The van der Waals surface area contributed by atoms with Gasteiger partial charge in [0, 0.05) is 12.5 Å². The second-order valence-electron chi connectivity index (χ2n) is 4.18. The largest absolute Gasteiger partial charge is 0.389 e. The fourth-order valence-corrected chi connectivity index (χ4v) is 1.19. The highest BCUT2D eigenvalue weighted by Gasteiger charge is 2.26. The van der Waals surface area contributed by atoms with E-state index in [9.17, 15) is 13.2 Å². The summed E-state index contributed by atoms with van der Waals surface area (Å²) in [5.74, 6) is 0.319. The van der Waals surface area contributed by atoms with E-state index in [1.165, 1.54) is 0 Å². The molecule has 0 fully saturated rings. The Morgan fingerprint density at radius 2 is 1.71 bits per heavy atom. The Bertz CT molecular complexity index is 143. The van der Waals surface area contributed by atoms with E-state index >= 15 is 0 Å². The summed E-state index contributed by atoms with van der Waals surface area (Å²) >= 11 is 0. The molecular weight excluding hydrogens is 191 g/mol. The monoisotopic (exact) mass is 211 g/mol. The van der Waals surface area contributed by atoms with Gasteiger partial charge in [-0.05, 0) is 25.3 Å². The Kier molecular flexibility index (Phi) is 6.16. The topological polar surface area (TPSA) is 12.0 Å². The zero-order chi connectivity index (χ0) is 11.2. The predicted octanol–water partition coefficient (Wildman–Crippen LogP) is 3.35. The van der Waals surface area contributed by atoms with E-state index in [1.807, 2.05) is 20.8 Å². The van der Waals surface area contributed by atoms with Crippen LogP contribution in [0, 0.1) is 5.92 Å². The average Bonchev–Trinajstić information content (AvgIpc) is 1.98. The van der Waals surface area contributed by atoms with Gasteiger partial charge in [-0.15, -0.1) is 0 Å². The molecule has 1 nitrogen and oxygen atoms in total. The van der Waals surface area contributed by atoms with E-state index < -0.39 is 12.6 Å². The van der Waals surface area contributed by atoms with Crippen LogP contribution < -0.4 is 5.32 Å². The molecule has 0 saturated carbocycles. The van der Waals surface area contributed by atoms with Gasteiger partial charge in [-0.25, -0.2) is 0 Å². The highest BCUT2D eigenvalue weighted by Crippen LogP contribution is 2.23. The lowest BCUT2D eigenvalue weighted by molar-refractivity contribution is -0.136. The third-order valence-corrected chi connectivity index (χ3v) is 2.03. The normalized spacial score (nSPS) is 14.8. The van der Waals surface area contributed by atoms with E-state index in [0.29, 0.717) is 18.4 Å². The van der Waals surface area contributed by atoms with Crippen LogP contribution in [0.4, 0.5) is 13.2 Å². The first-order valence-corrected chi connectivity index (χ1v) is 5.11. The highest BCUT2D eigenvalue weighted by atomic mass is 19.4. The fourth-order valence-electron chi connectivity index (χ4n) is 1.19. The SMILES string of the molecule is CC(CCCC(F)(F)F)CNC(C)C. The van der Waals surface area contributed by atoms with Crippen molar-refractivity contribution in [1.82, 2.24) is 5.32 Å². The molecule has 0 heterocycles. The van der Waals surface area contributed by atoms with E-state index in [4.69, 9.17) is 0 Å². The molecule has 1 atom stereocenters. The first kappa shape index (κ1) is 13.8. The maximum absolute atomic E-state index is 11.8. The molecule has 0 aromatic carbocycles. The van der Waals surface area contributed by atoms with Crippen LogP contribution in [0.15, 0.2) is 0 Å². The summed E-state index contributed by atoms with van der Waals surface area (Å²) in [7, 11) is 0. The van der Waals surface area contributed by atoms with Gasteiger partial charge in [0.25, 0.3) is 0 Å². The number of rotatable bonds is 6. The second-order valence-corrected chi connectivity index (χ2v) is 4.18. The van der Waals surface area contributed by atoms with Crippen molar-refractivity contribution in [2.24, 2.45) is 5.92 Å². The van der Waals surface area contributed by atoms with Crippen molar-refractivity contribution in [1.29, 1.82) is 0 Å². The quantitative estimate of drug-likeness (QED) is 0.710. The number of nitrogens with one attached hydrogen (secondary N) is 1. The molecule has 0 amide bonds. The highest BCUT2D eigenvalue weighted by molar-refractivity contribution is 4.61. The second kappa shape index (κ2) is 6.27. The smallest absolute Gasteiger partial charge is 0.314 e. The van der Waals surface area contributed by atoms with Gasteiger partial charge in [0.2, 0.25) is 0 Å². The molecule has 0 saturated heterocycles. The third-order valence-electron chi connectivity index (χ3n) is 2.03. The van der Waals surface area contributed by atoms with Gasteiger partial charge < -0.3 is 5.32 Å². The van der Waals surface area contributed by atoms with Crippen LogP contribution in [0.1, 0.15) is 40.0 Å². The molecule has 0 aromatic rings. The Labute approximate surface area is 84.1 Å². The average molecular weight is 211 g/mol. The summed E-state index contributed by atoms with van der Waals surface area (Å²) in [6.07, 6.45) is -3.77. The molecule has 0 aliphatic rings. The number of alkyl halides is 3. The molecule has 0 spiro atoms. The maximum atomic E-state index is 11.8. The molecule has 0 bridgehead atoms. The molecule has 4 heteroatoms. The molecule has 0 aliphatic heterocycles. The molecule has 0 aromatic heterocycles. The van der Waals surface area contributed by atoms with Crippen molar-refractivity contribution in [3.8, 4) is 0 Å². The van der Waals surface area contributed by atoms with E-state index in [-0.39, 0.29) is 6.42 Å². The summed E-state index contributed by atoms with van der Waals surface area (Å²) in [5, 5.41) is 3.21. The standard InChI is InChI=1S/C10H20F3N/c1-8(2)14-7-9(3)5-4-6-10(11,12)13/h8-9,14H,4-7H2,1-3H3. The Morgan fingerprint density at radius 3 is 2.14 bits per heavy atom. The van der Waals surface area contributed by atoms with Gasteiger partial charge in [-0.3, -0.25) is 0 Å². The fraction of sp³-hybridized carbons (Fsp3) is 1.00. The Morgan fingerprint density at radius 1 is 1.14 bits per heavy atom. The van der Waals surface area contributed by atoms with E-state index in [0.717, 1.165) is 6.54 Å². The van der Waals surface area contributed by atoms with Crippen LogP contribution in [-0.4, -0.2) is 18.8 Å². The van der Waals surface area contributed by atoms with Crippen LogP contribution in [-0.2, 0) is 0 Å². The minimum absolute atomic E-state index is 0.241. The van der Waals surface area contributed by atoms with Crippen molar-refractivity contribution in [2.75, 3.05) is 6.54 Å². The van der Waals surface area contributed by atoms with Crippen LogP contribution in [0.5, 0.6) is 0 Å². The predicted molar refractivity (Wildman–Crippen MR) is 52.2 cm³/mol. The van der Waals surface area contributed by atoms with E-state index in [1.54, 1.807) is 0 Å². The molecule has 0 aliphatic carbocycles. The summed E-state index contributed by atoms with van der Waals surface area (Å²) in [6.45, 7) is 6.84. The Balaban J connectivity index is 3.40. The molecule has 86 valence electrons. The van der Waals surface area contributed by atoms with Crippen LogP contribution in [0.2, 0.25) is 0 Å². The number of hydrogen-bond acceptors (Lipinski definition) is 1. The van der Waals surface area contributed by atoms with Crippen molar-refractivity contribution >= 4 is 0 Å². The van der Waals surface area contributed by atoms with Crippen molar-refractivity contribution in [2.45, 2.75) is 52.3 Å². The van der Waals surface area contributed by atoms with Crippen LogP contribution >= 0.6 is 0 Å². The van der Waals surface area contributed by atoms with Gasteiger partial charge in [0.05, 0.1) is 0 Å². The van der Waals surface area contributed by atoms with Crippen LogP contribution in [0.3, 0.4) is 0 Å². The van der Waals surface area contributed by atoms with Crippen LogP contribution in [0.25, 0.3) is 0 Å². The molecule has 1 unspecified atom stereocenters. The lowest BCUT2D eigenvalue weighted by atomic mass is 10.0. The Hall–Kier alpha value is -0.250. The molecule has 1 N–H and O–H groups in total. The van der Waals surface area contributed by atoms with Crippen molar-refractivity contribution < 1.29 is 13.2 Å². The van der Waals surface area contributed by atoms with E-state index in [2.05, 4.69) is 5.32 Å². The van der Waals surface area contributed by atoms with Crippen molar-refractivity contribution in [3.05, 3.63) is 0 Å².